The molecular formula is C22H25N5O3S. The molecule has 0 saturated heterocycles. The average molecular weight is 440 g/mol. The van der Waals surface area contributed by atoms with Crippen LogP contribution in [0.15, 0.2) is 47.9 Å². The number of sulfonamides is 1. The molecule has 0 unspecified atom stereocenters. The van der Waals surface area contributed by atoms with Crippen LogP contribution in [0.3, 0.4) is 0 Å². The maximum Gasteiger partial charge on any atom is 0.208 e. The summed E-state index contributed by atoms with van der Waals surface area (Å²) in [4.78, 5) is 12.4. The first kappa shape index (κ1) is 21.2. The Morgan fingerprint density at radius 2 is 1.90 bits per heavy atom. The summed E-state index contributed by atoms with van der Waals surface area (Å²) in [5.74, 6) is 0.684. The smallest absolute Gasteiger partial charge is 0.208 e. The van der Waals surface area contributed by atoms with Gasteiger partial charge in [0.15, 0.2) is 0 Å². The van der Waals surface area contributed by atoms with Crippen LogP contribution in [0, 0.1) is 0 Å². The normalized spacial score (nSPS) is 15.4. The van der Waals surface area contributed by atoms with Crippen LogP contribution in [0.2, 0.25) is 0 Å². The fourth-order valence-corrected chi connectivity index (χ4v) is 4.37. The van der Waals surface area contributed by atoms with Gasteiger partial charge in [-0.05, 0) is 36.6 Å². The van der Waals surface area contributed by atoms with Crippen LogP contribution in [0.4, 0.5) is 0 Å². The topological polar surface area (TPSA) is 120 Å². The molecule has 0 radical (unpaired) electrons. The molecule has 3 aromatic rings. The minimum atomic E-state index is -3.32. The molecule has 8 nitrogen and oxygen atoms in total. The van der Waals surface area contributed by atoms with Crippen molar-refractivity contribution < 1.29 is 13.6 Å². The molecule has 0 saturated carbocycles. The lowest BCUT2D eigenvalue weighted by Crippen LogP contribution is -2.36. The van der Waals surface area contributed by atoms with Crippen molar-refractivity contribution in [2.75, 3.05) is 12.8 Å². The molecule has 0 aliphatic heterocycles. The van der Waals surface area contributed by atoms with Crippen molar-refractivity contribution in [3.05, 3.63) is 59.7 Å². The molecule has 9 heteroatoms. The number of hydrogen-bond acceptors (Lipinski definition) is 6. The second kappa shape index (κ2) is 7.90. The first-order chi connectivity index (χ1) is 14.7. The largest absolute Gasteiger partial charge is 0.411 e. The zero-order chi connectivity index (χ0) is 22.2. The van der Waals surface area contributed by atoms with E-state index in [1.54, 1.807) is 12.4 Å². The number of rotatable bonds is 6. The van der Waals surface area contributed by atoms with E-state index in [1.165, 1.54) is 0 Å². The Labute approximate surface area is 181 Å². The molecule has 0 spiro atoms. The lowest BCUT2D eigenvalue weighted by atomic mass is 9.93. The van der Waals surface area contributed by atoms with E-state index in [0.717, 1.165) is 46.3 Å². The number of nitrogens with zero attached hydrogens (tertiary/aromatic N) is 3. The van der Waals surface area contributed by atoms with E-state index < -0.39 is 15.4 Å². The van der Waals surface area contributed by atoms with Crippen LogP contribution >= 0.6 is 0 Å². The molecule has 0 bridgehead atoms. The van der Waals surface area contributed by atoms with Crippen molar-refractivity contribution in [3.8, 4) is 22.5 Å². The van der Waals surface area contributed by atoms with E-state index >= 15 is 0 Å². The number of aromatic amines is 1. The Morgan fingerprint density at radius 3 is 2.58 bits per heavy atom. The molecule has 2 aromatic heterocycles. The predicted octanol–water partition coefficient (Wildman–Crippen LogP) is 3.09. The summed E-state index contributed by atoms with van der Waals surface area (Å²) in [5.41, 5.74) is 5.74. The van der Waals surface area contributed by atoms with Crippen molar-refractivity contribution in [1.29, 1.82) is 0 Å². The molecule has 1 aliphatic carbocycles. The average Bonchev–Trinajstić information content (AvgIpc) is 3.37. The molecule has 31 heavy (non-hydrogen) atoms. The Morgan fingerprint density at radius 1 is 1.16 bits per heavy atom. The number of hydrogen-bond donors (Lipinski definition) is 3. The van der Waals surface area contributed by atoms with Crippen molar-refractivity contribution in [1.82, 2.24) is 19.7 Å². The second-order valence-corrected chi connectivity index (χ2v) is 10.3. The third-order valence-electron chi connectivity index (χ3n) is 5.53. The van der Waals surface area contributed by atoms with Gasteiger partial charge in [-0.25, -0.2) is 18.1 Å². The number of imidazole rings is 1. The highest BCUT2D eigenvalue weighted by Gasteiger charge is 2.28. The van der Waals surface area contributed by atoms with Crippen molar-refractivity contribution in [2.24, 2.45) is 5.16 Å². The maximum atomic E-state index is 11.6. The third kappa shape index (κ3) is 4.38. The van der Waals surface area contributed by atoms with E-state index in [4.69, 9.17) is 4.98 Å². The Kier molecular flexibility index (Phi) is 5.40. The summed E-state index contributed by atoms with van der Waals surface area (Å²) < 4.78 is 25.8. The first-order valence-corrected chi connectivity index (χ1v) is 11.9. The van der Waals surface area contributed by atoms with Gasteiger partial charge in [-0.15, -0.1) is 0 Å². The van der Waals surface area contributed by atoms with Crippen molar-refractivity contribution >= 4 is 15.7 Å². The van der Waals surface area contributed by atoms with Crippen LogP contribution in [-0.4, -0.2) is 47.1 Å². The Hall–Kier alpha value is -3.04. The van der Waals surface area contributed by atoms with Gasteiger partial charge in [0.25, 0.3) is 0 Å². The monoisotopic (exact) mass is 439 g/mol. The number of nitrogens with one attached hydrogen (secondary N) is 2. The fourth-order valence-electron chi connectivity index (χ4n) is 3.75. The summed E-state index contributed by atoms with van der Waals surface area (Å²) in [6.45, 7) is 4.10. The summed E-state index contributed by atoms with van der Waals surface area (Å²) >= 11 is 0. The number of aromatic nitrogens is 3. The van der Waals surface area contributed by atoms with Gasteiger partial charge < -0.3 is 10.2 Å². The Balaban J connectivity index is 1.80. The molecule has 0 amide bonds. The van der Waals surface area contributed by atoms with Crippen LogP contribution in [0.25, 0.3) is 22.5 Å². The molecule has 1 aromatic carbocycles. The molecule has 0 fully saturated rings. The minimum Gasteiger partial charge on any atom is -0.411 e. The van der Waals surface area contributed by atoms with E-state index in [9.17, 15) is 13.6 Å². The van der Waals surface area contributed by atoms with Gasteiger partial charge in [-0.3, -0.25) is 4.98 Å². The van der Waals surface area contributed by atoms with Crippen LogP contribution in [-0.2, 0) is 21.9 Å². The summed E-state index contributed by atoms with van der Waals surface area (Å²) in [7, 11) is -3.32. The second-order valence-electron chi connectivity index (χ2n) is 8.44. The van der Waals surface area contributed by atoms with Crippen LogP contribution in [0.5, 0.6) is 0 Å². The molecular weight excluding hydrogens is 414 g/mol. The van der Waals surface area contributed by atoms with Gasteiger partial charge >= 0.3 is 0 Å². The summed E-state index contributed by atoms with van der Waals surface area (Å²) in [6.07, 6.45) is 6.12. The molecule has 162 valence electrons. The van der Waals surface area contributed by atoms with E-state index in [0.29, 0.717) is 18.0 Å². The van der Waals surface area contributed by atoms with Crippen molar-refractivity contribution in [2.45, 2.75) is 32.1 Å². The highest BCUT2D eigenvalue weighted by Crippen LogP contribution is 2.35. The molecule has 3 N–H and O–H groups in total. The number of fused-ring (bicyclic) bond motifs is 1. The van der Waals surface area contributed by atoms with E-state index in [1.807, 2.05) is 38.1 Å². The number of H-pyrrole nitrogens is 1. The van der Waals surface area contributed by atoms with Gasteiger partial charge in [0.1, 0.15) is 5.82 Å². The zero-order valence-corrected chi connectivity index (χ0v) is 18.5. The quantitative estimate of drug-likeness (QED) is 0.403. The summed E-state index contributed by atoms with van der Waals surface area (Å²) in [5, 5.41) is 12.6. The number of pyridine rings is 1. The van der Waals surface area contributed by atoms with E-state index in [2.05, 4.69) is 25.9 Å². The lowest BCUT2D eigenvalue weighted by Gasteiger charge is -2.22. The Bertz CT molecular complexity index is 1250. The predicted molar refractivity (Wildman–Crippen MR) is 120 cm³/mol. The van der Waals surface area contributed by atoms with Gasteiger partial charge in [-0.1, -0.05) is 31.1 Å². The summed E-state index contributed by atoms with van der Waals surface area (Å²) in [6, 6.07) is 9.84. The van der Waals surface area contributed by atoms with Crippen LogP contribution < -0.4 is 4.72 Å². The zero-order valence-electron chi connectivity index (χ0n) is 17.7. The number of oxime groups is 1. The van der Waals surface area contributed by atoms with Gasteiger partial charge in [0.2, 0.25) is 10.0 Å². The molecule has 2 heterocycles. The molecule has 1 aliphatic rings. The SMILES string of the molecule is CC(C)(CNS(C)(=O)=O)c1nc(-c2ccc3c(c2)CCC3=NO)c(-c2ccncc2)[nH]1. The number of aryl methyl sites for hydroxylation is 1. The minimum absolute atomic E-state index is 0.217. The van der Waals surface area contributed by atoms with E-state index in [-0.39, 0.29) is 6.54 Å². The fraction of sp³-hybridized carbons (Fsp3) is 0.318. The first-order valence-electron chi connectivity index (χ1n) is 9.98. The van der Waals surface area contributed by atoms with Gasteiger partial charge in [-0.2, -0.15) is 0 Å². The standard InChI is InChI=1S/C22H25N5O3S/c1-22(2,13-24-31(3,29)30)21-25-19(14-8-10-23-11-9-14)20(26-21)16-4-6-17-15(12-16)5-7-18(17)27-28/h4,6,8-12,24,28H,5,7,13H2,1-3H3,(H,25,26). The lowest BCUT2D eigenvalue weighted by molar-refractivity contribution is 0.318. The third-order valence-corrected chi connectivity index (χ3v) is 6.20. The highest BCUT2D eigenvalue weighted by atomic mass is 32.2. The maximum absolute atomic E-state index is 11.6. The molecule has 0 atom stereocenters. The van der Waals surface area contributed by atoms with Gasteiger partial charge in [0.05, 0.1) is 23.4 Å². The van der Waals surface area contributed by atoms with Crippen molar-refractivity contribution in [3.63, 3.8) is 0 Å². The van der Waals surface area contributed by atoms with Gasteiger partial charge in [0, 0.05) is 41.0 Å². The van der Waals surface area contributed by atoms with Crippen LogP contribution in [0.1, 0.15) is 37.2 Å². The highest BCUT2D eigenvalue weighted by molar-refractivity contribution is 7.88. The molecule has 4 rings (SSSR count). The number of benzene rings is 1.